The van der Waals surface area contributed by atoms with Crippen molar-refractivity contribution in [2.24, 2.45) is 0 Å². The Kier molecular flexibility index (Phi) is 3.78. The van der Waals surface area contributed by atoms with Gasteiger partial charge in [0, 0.05) is 13.7 Å². The normalized spacial score (nSPS) is 35.8. The summed E-state index contributed by atoms with van der Waals surface area (Å²) in [6.07, 6.45) is 2.98. The number of hydrogen-bond donors (Lipinski definition) is 1. The second-order valence-electron chi connectivity index (χ2n) is 4.43. The summed E-state index contributed by atoms with van der Waals surface area (Å²) >= 11 is 0. The van der Waals surface area contributed by atoms with E-state index in [2.05, 4.69) is 0 Å². The van der Waals surface area contributed by atoms with E-state index < -0.39 is 0 Å². The molecule has 16 heavy (non-hydrogen) atoms. The van der Waals surface area contributed by atoms with Crippen molar-refractivity contribution in [3.05, 3.63) is 0 Å². The third kappa shape index (κ3) is 2.36. The highest BCUT2D eigenvalue weighted by molar-refractivity contribution is 5.79. The predicted molar refractivity (Wildman–Crippen MR) is 56.7 cm³/mol. The summed E-state index contributed by atoms with van der Waals surface area (Å²) in [6.45, 7) is 0.671. The zero-order chi connectivity index (χ0) is 11.5. The first-order chi connectivity index (χ1) is 7.72. The number of likely N-dealkylation sites (N-methyl/N-ethyl adjacent to an activating group) is 1. The fourth-order valence-corrected chi connectivity index (χ4v) is 2.28. The molecule has 2 aliphatic rings. The molecule has 92 valence electrons. The monoisotopic (exact) mass is 229 g/mol. The lowest BCUT2D eigenvalue weighted by atomic mass is 10.1. The van der Waals surface area contributed by atoms with Crippen molar-refractivity contribution in [2.75, 3.05) is 20.3 Å². The maximum atomic E-state index is 11.5. The number of ether oxygens (including phenoxy) is 2. The molecule has 1 amide bonds. The average Bonchev–Trinajstić information content (AvgIpc) is 2.56. The molecular weight excluding hydrogens is 210 g/mol. The number of nitrogens with zero attached hydrogens (tertiary/aromatic N) is 1. The fraction of sp³-hybridized carbons (Fsp3) is 0.909. The van der Waals surface area contributed by atoms with Crippen LogP contribution >= 0.6 is 0 Å². The van der Waals surface area contributed by atoms with Crippen LogP contribution in [-0.4, -0.2) is 54.6 Å². The van der Waals surface area contributed by atoms with Crippen LogP contribution in [0.2, 0.25) is 0 Å². The molecule has 2 fully saturated rings. The van der Waals surface area contributed by atoms with E-state index in [0.717, 1.165) is 25.9 Å². The van der Waals surface area contributed by atoms with Gasteiger partial charge >= 0.3 is 0 Å². The molecule has 0 aromatic heterocycles. The second-order valence-corrected chi connectivity index (χ2v) is 4.43. The summed E-state index contributed by atoms with van der Waals surface area (Å²) in [4.78, 5) is 13.1. The summed E-state index contributed by atoms with van der Waals surface area (Å²) in [6, 6.07) is -0.224. The minimum absolute atomic E-state index is 0.0276. The van der Waals surface area contributed by atoms with Gasteiger partial charge in [0.1, 0.15) is 0 Å². The molecule has 2 heterocycles. The van der Waals surface area contributed by atoms with Crippen molar-refractivity contribution in [1.82, 2.24) is 4.90 Å². The minimum Gasteiger partial charge on any atom is -0.394 e. The standard InChI is InChI=1S/C11H19NO4/c1-12-8(7-13)9(6-10(12)14)16-11-4-2-3-5-15-11/h8-9,11,13H,2-7H2,1H3/t8-,9?,11?/m1/s1. The summed E-state index contributed by atoms with van der Waals surface area (Å²) in [5.41, 5.74) is 0. The second kappa shape index (κ2) is 5.12. The zero-order valence-electron chi connectivity index (χ0n) is 9.59. The minimum atomic E-state index is -0.231. The lowest BCUT2D eigenvalue weighted by Crippen LogP contribution is -2.40. The van der Waals surface area contributed by atoms with Crippen LogP contribution in [0, 0.1) is 0 Å². The first-order valence-corrected chi connectivity index (χ1v) is 5.86. The largest absolute Gasteiger partial charge is 0.394 e. The number of aliphatic hydroxyl groups is 1. The molecule has 0 radical (unpaired) electrons. The number of likely N-dealkylation sites (tertiary alicyclic amines) is 1. The third-order valence-electron chi connectivity index (χ3n) is 3.35. The Morgan fingerprint density at radius 2 is 2.38 bits per heavy atom. The number of aliphatic hydroxyl groups excluding tert-OH is 1. The third-order valence-corrected chi connectivity index (χ3v) is 3.35. The molecule has 5 heteroatoms. The Morgan fingerprint density at radius 3 is 3.00 bits per heavy atom. The van der Waals surface area contributed by atoms with Crippen LogP contribution in [0.25, 0.3) is 0 Å². The van der Waals surface area contributed by atoms with Crippen molar-refractivity contribution < 1.29 is 19.4 Å². The first kappa shape index (κ1) is 11.8. The summed E-state index contributed by atoms with van der Waals surface area (Å²) < 4.78 is 11.2. The van der Waals surface area contributed by atoms with E-state index in [0.29, 0.717) is 6.42 Å². The maximum Gasteiger partial charge on any atom is 0.225 e. The van der Waals surface area contributed by atoms with Crippen molar-refractivity contribution >= 4 is 5.91 Å². The molecule has 2 saturated heterocycles. The maximum absolute atomic E-state index is 11.5. The van der Waals surface area contributed by atoms with E-state index >= 15 is 0 Å². The van der Waals surface area contributed by atoms with Crippen molar-refractivity contribution in [2.45, 2.75) is 44.1 Å². The Morgan fingerprint density at radius 1 is 1.56 bits per heavy atom. The number of carbonyl (C=O) groups is 1. The van der Waals surface area contributed by atoms with E-state index in [1.165, 1.54) is 0 Å². The van der Waals surface area contributed by atoms with Crippen molar-refractivity contribution in [3.8, 4) is 0 Å². The molecule has 0 bridgehead atoms. The van der Waals surface area contributed by atoms with E-state index in [9.17, 15) is 9.90 Å². The Hall–Kier alpha value is -0.650. The molecule has 0 saturated carbocycles. The first-order valence-electron chi connectivity index (χ1n) is 5.86. The van der Waals surface area contributed by atoms with Gasteiger partial charge in [-0.15, -0.1) is 0 Å². The Balaban J connectivity index is 1.90. The van der Waals surface area contributed by atoms with Gasteiger partial charge in [0.2, 0.25) is 5.91 Å². The van der Waals surface area contributed by atoms with Crippen LogP contribution in [0.1, 0.15) is 25.7 Å². The number of rotatable bonds is 3. The van der Waals surface area contributed by atoms with Gasteiger partial charge in [0.05, 0.1) is 25.2 Å². The van der Waals surface area contributed by atoms with E-state index in [4.69, 9.17) is 9.47 Å². The molecule has 3 atom stereocenters. The average molecular weight is 229 g/mol. The molecule has 0 spiro atoms. The highest BCUT2D eigenvalue weighted by Gasteiger charge is 2.39. The van der Waals surface area contributed by atoms with Gasteiger partial charge in [0.15, 0.2) is 6.29 Å². The summed E-state index contributed by atoms with van der Waals surface area (Å²) in [5, 5.41) is 9.24. The molecule has 0 aromatic carbocycles. The van der Waals surface area contributed by atoms with Crippen LogP contribution in [-0.2, 0) is 14.3 Å². The lowest BCUT2D eigenvalue weighted by Gasteiger charge is -2.29. The SMILES string of the molecule is CN1C(=O)CC(OC2CCCCO2)[C@H]1CO. The van der Waals surface area contributed by atoms with Crippen LogP contribution in [0.5, 0.6) is 0 Å². The van der Waals surface area contributed by atoms with Gasteiger partial charge < -0.3 is 19.5 Å². The predicted octanol–water partition coefficient (Wildman–Crippen LogP) is 0.121. The van der Waals surface area contributed by atoms with Gasteiger partial charge in [-0.25, -0.2) is 0 Å². The molecule has 2 aliphatic heterocycles. The Bertz CT molecular complexity index is 252. The molecule has 2 unspecified atom stereocenters. The highest BCUT2D eigenvalue weighted by atomic mass is 16.7. The number of hydrogen-bond acceptors (Lipinski definition) is 4. The number of carbonyl (C=O) groups excluding carboxylic acids is 1. The lowest BCUT2D eigenvalue weighted by molar-refractivity contribution is -0.193. The fourth-order valence-electron chi connectivity index (χ4n) is 2.28. The molecule has 1 N–H and O–H groups in total. The van der Waals surface area contributed by atoms with Crippen LogP contribution in [0.3, 0.4) is 0 Å². The van der Waals surface area contributed by atoms with Gasteiger partial charge in [-0.2, -0.15) is 0 Å². The van der Waals surface area contributed by atoms with Crippen LogP contribution < -0.4 is 0 Å². The van der Waals surface area contributed by atoms with Gasteiger partial charge in [-0.3, -0.25) is 4.79 Å². The molecular formula is C11H19NO4. The number of amides is 1. The van der Waals surface area contributed by atoms with E-state index in [1.54, 1.807) is 11.9 Å². The molecule has 0 aromatic rings. The Labute approximate surface area is 95.3 Å². The van der Waals surface area contributed by atoms with Gasteiger partial charge in [-0.05, 0) is 19.3 Å². The van der Waals surface area contributed by atoms with Crippen molar-refractivity contribution in [3.63, 3.8) is 0 Å². The molecule has 0 aliphatic carbocycles. The quantitative estimate of drug-likeness (QED) is 0.747. The van der Waals surface area contributed by atoms with Crippen molar-refractivity contribution in [1.29, 1.82) is 0 Å². The van der Waals surface area contributed by atoms with E-state index in [1.807, 2.05) is 0 Å². The van der Waals surface area contributed by atoms with Crippen LogP contribution in [0.4, 0.5) is 0 Å². The highest BCUT2D eigenvalue weighted by Crippen LogP contribution is 2.24. The topological polar surface area (TPSA) is 59.0 Å². The molecule has 2 rings (SSSR count). The van der Waals surface area contributed by atoms with Gasteiger partial charge in [-0.1, -0.05) is 0 Å². The summed E-state index contributed by atoms with van der Waals surface area (Å²) in [5.74, 6) is 0.0276. The van der Waals surface area contributed by atoms with Crippen LogP contribution in [0.15, 0.2) is 0 Å². The smallest absolute Gasteiger partial charge is 0.225 e. The van der Waals surface area contributed by atoms with E-state index in [-0.39, 0.29) is 30.9 Å². The summed E-state index contributed by atoms with van der Waals surface area (Å²) in [7, 11) is 1.70. The zero-order valence-corrected chi connectivity index (χ0v) is 9.59. The molecule has 5 nitrogen and oxygen atoms in total. The van der Waals surface area contributed by atoms with Gasteiger partial charge in [0.25, 0.3) is 0 Å².